The molecule has 1 aromatic carbocycles. The molecule has 0 bridgehead atoms. The first-order chi connectivity index (χ1) is 13.9. The lowest BCUT2D eigenvalue weighted by Gasteiger charge is -2.27. The van der Waals surface area contributed by atoms with Crippen LogP contribution in [0, 0.1) is 26.2 Å². The summed E-state index contributed by atoms with van der Waals surface area (Å²) >= 11 is 2.05. The highest BCUT2D eigenvalue weighted by Gasteiger charge is 2.37. The Morgan fingerprint density at radius 2 is 2.00 bits per heavy atom. The van der Waals surface area contributed by atoms with Crippen molar-refractivity contribution in [1.82, 2.24) is 0 Å². The van der Waals surface area contributed by atoms with E-state index in [0.29, 0.717) is 27.2 Å². The molecule has 1 aliphatic heterocycles. The molecule has 1 aliphatic rings. The molecule has 0 saturated carbocycles. The Hall–Kier alpha value is -2.92. The van der Waals surface area contributed by atoms with Crippen LogP contribution >= 0.6 is 22.6 Å². The molecule has 0 fully saturated rings. The average molecular weight is 509 g/mol. The van der Waals surface area contributed by atoms with Gasteiger partial charge in [0.05, 0.1) is 28.3 Å². The second-order valence-electron chi connectivity index (χ2n) is 5.82. The summed E-state index contributed by atoms with van der Waals surface area (Å²) in [5.41, 5.74) is 6.81. The van der Waals surface area contributed by atoms with Crippen LogP contribution in [-0.2, 0) is 14.3 Å². The molecule has 2 rings (SSSR count). The number of esters is 1. The van der Waals surface area contributed by atoms with Crippen molar-refractivity contribution in [1.29, 1.82) is 10.5 Å². The summed E-state index contributed by atoms with van der Waals surface area (Å²) < 4.78 is 22.4. The maximum atomic E-state index is 12.6. The summed E-state index contributed by atoms with van der Waals surface area (Å²) in [7, 11) is 0. The third kappa shape index (κ3) is 4.74. The van der Waals surface area contributed by atoms with E-state index in [1.165, 1.54) is 0 Å². The first-order valence-electron chi connectivity index (χ1n) is 8.80. The molecule has 1 atom stereocenters. The van der Waals surface area contributed by atoms with E-state index in [4.69, 9.17) is 29.9 Å². The molecule has 0 aliphatic carbocycles. The molecule has 152 valence electrons. The Kier molecular flexibility index (Phi) is 7.74. The summed E-state index contributed by atoms with van der Waals surface area (Å²) in [5, 5.41) is 18.5. The van der Waals surface area contributed by atoms with Gasteiger partial charge in [0.25, 0.3) is 0 Å². The van der Waals surface area contributed by atoms with E-state index in [9.17, 15) is 10.1 Å². The van der Waals surface area contributed by atoms with Crippen LogP contribution in [0.5, 0.6) is 11.5 Å². The van der Waals surface area contributed by atoms with Crippen molar-refractivity contribution in [3.05, 3.63) is 44.1 Å². The summed E-state index contributed by atoms with van der Waals surface area (Å²) in [6, 6.07) is 7.39. The molecule has 29 heavy (non-hydrogen) atoms. The number of carbonyl (C=O) groups excluding carboxylic acids is 1. The Labute approximate surface area is 182 Å². The largest absolute Gasteiger partial charge is 0.490 e. The van der Waals surface area contributed by atoms with Gasteiger partial charge in [-0.3, -0.25) is 0 Å². The SMILES string of the molecule is CCOC(=O)C1=C(C)OC(N)=C(C#N)C1c1cc(I)c(OCC#N)c(OCC)c1. The van der Waals surface area contributed by atoms with E-state index in [1.807, 2.05) is 41.7 Å². The van der Waals surface area contributed by atoms with Gasteiger partial charge in [0, 0.05) is 0 Å². The van der Waals surface area contributed by atoms with E-state index >= 15 is 0 Å². The monoisotopic (exact) mass is 509 g/mol. The predicted octanol–water partition coefficient (Wildman–Crippen LogP) is 3.24. The van der Waals surface area contributed by atoms with Gasteiger partial charge in [-0.2, -0.15) is 10.5 Å². The smallest absolute Gasteiger partial charge is 0.338 e. The van der Waals surface area contributed by atoms with Gasteiger partial charge >= 0.3 is 5.97 Å². The number of nitriles is 2. The fraction of sp³-hybridized carbons (Fsp3) is 0.350. The minimum absolute atomic E-state index is 0.0687. The third-order valence-corrected chi connectivity index (χ3v) is 4.85. The molecule has 1 aromatic rings. The Balaban J connectivity index is 2.69. The predicted molar refractivity (Wildman–Crippen MR) is 111 cm³/mol. The molecule has 0 amide bonds. The van der Waals surface area contributed by atoms with Gasteiger partial charge in [-0.05, 0) is 61.1 Å². The van der Waals surface area contributed by atoms with Gasteiger partial charge in [0.1, 0.15) is 23.5 Å². The molecular formula is C20H20IN3O5. The van der Waals surface area contributed by atoms with Crippen LogP contribution in [0.4, 0.5) is 0 Å². The normalized spacial score (nSPS) is 15.9. The number of nitrogens with two attached hydrogens (primary N) is 1. The number of hydrogen-bond acceptors (Lipinski definition) is 8. The molecule has 0 spiro atoms. The van der Waals surface area contributed by atoms with Crippen LogP contribution in [0.1, 0.15) is 32.3 Å². The van der Waals surface area contributed by atoms with Crippen molar-refractivity contribution >= 4 is 28.6 Å². The molecule has 0 saturated heterocycles. The molecule has 9 heteroatoms. The lowest BCUT2D eigenvalue weighted by atomic mass is 9.83. The van der Waals surface area contributed by atoms with Crippen LogP contribution in [0.15, 0.2) is 34.9 Å². The van der Waals surface area contributed by atoms with Crippen LogP contribution in [0.25, 0.3) is 0 Å². The third-order valence-electron chi connectivity index (χ3n) is 4.05. The molecule has 0 aromatic heterocycles. The minimum atomic E-state index is -0.787. The summed E-state index contributed by atoms with van der Waals surface area (Å²) in [6.45, 7) is 5.49. The maximum absolute atomic E-state index is 12.6. The van der Waals surface area contributed by atoms with Gasteiger partial charge in [-0.15, -0.1) is 0 Å². The lowest BCUT2D eigenvalue weighted by Crippen LogP contribution is -2.25. The number of allylic oxidation sites excluding steroid dienone is 2. The molecule has 1 unspecified atom stereocenters. The number of halogens is 1. The number of benzene rings is 1. The van der Waals surface area contributed by atoms with E-state index in [-0.39, 0.29) is 36.0 Å². The average Bonchev–Trinajstić information content (AvgIpc) is 2.67. The molecular weight excluding hydrogens is 489 g/mol. The first-order valence-corrected chi connectivity index (χ1v) is 9.88. The highest BCUT2D eigenvalue weighted by molar-refractivity contribution is 14.1. The maximum Gasteiger partial charge on any atom is 0.338 e. The highest BCUT2D eigenvalue weighted by Crippen LogP contribution is 2.44. The first kappa shape index (κ1) is 22.4. The minimum Gasteiger partial charge on any atom is -0.490 e. The molecule has 2 N–H and O–H groups in total. The Morgan fingerprint density at radius 1 is 1.28 bits per heavy atom. The van der Waals surface area contributed by atoms with Gasteiger partial charge in [-0.1, -0.05) is 0 Å². The molecule has 0 radical (unpaired) electrons. The van der Waals surface area contributed by atoms with Gasteiger partial charge in [0.15, 0.2) is 18.1 Å². The van der Waals surface area contributed by atoms with E-state index in [2.05, 4.69) is 0 Å². The molecule has 1 heterocycles. The van der Waals surface area contributed by atoms with E-state index < -0.39 is 11.9 Å². The highest BCUT2D eigenvalue weighted by atomic mass is 127. The van der Waals surface area contributed by atoms with Crippen molar-refractivity contribution in [3.63, 3.8) is 0 Å². The fourth-order valence-corrected chi connectivity index (χ4v) is 3.73. The fourth-order valence-electron chi connectivity index (χ4n) is 2.95. The molecule has 8 nitrogen and oxygen atoms in total. The van der Waals surface area contributed by atoms with Crippen LogP contribution < -0.4 is 15.2 Å². The number of hydrogen-bond donors (Lipinski definition) is 1. The van der Waals surface area contributed by atoms with Gasteiger partial charge in [0.2, 0.25) is 5.88 Å². The number of nitrogens with zero attached hydrogens (tertiary/aromatic N) is 2. The zero-order valence-corrected chi connectivity index (χ0v) is 18.4. The van der Waals surface area contributed by atoms with Crippen molar-refractivity contribution in [2.75, 3.05) is 19.8 Å². The second kappa shape index (κ2) is 10.0. The zero-order chi connectivity index (χ0) is 21.6. The van der Waals surface area contributed by atoms with E-state index in [0.717, 1.165) is 0 Å². The topological polar surface area (TPSA) is 128 Å². The van der Waals surface area contributed by atoms with Crippen LogP contribution in [-0.4, -0.2) is 25.8 Å². The lowest BCUT2D eigenvalue weighted by molar-refractivity contribution is -0.139. The summed E-state index contributed by atoms with van der Waals surface area (Å²) in [4.78, 5) is 12.6. The quantitative estimate of drug-likeness (QED) is 0.439. The van der Waals surface area contributed by atoms with E-state index in [1.54, 1.807) is 26.0 Å². The van der Waals surface area contributed by atoms with Gasteiger partial charge in [-0.25, -0.2) is 4.79 Å². The van der Waals surface area contributed by atoms with Crippen LogP contribution in [0.3, 0.4) is 0 Å². The van der Waals surface area contributed by atoms with Crippen molar-refractivity contribution in [2.24, 2.45) is 5.73 Å². The number of rotatable bonds is 7. The second-order valence-corrected chi connectivity index (χ2v) is 6.99. The van der Waals surface area contributed by atoms with Crippen molar-refractivity contribution in [2.45, 2.75) is 26.7 Å². The summed E-state index contributed by atoms with van der Waals surface area (Å²) in [5.74, 6) is -0.367. The van der Waals surface area contributed by atoms with Gasteiger partial charge < -0.3 is 24.7 Å². The summed E-state index contributed by atoms with van der Waals surface area (Å²) in [6.07, 6.45) is 0. The van der Waals surface area contributed by atoms with Crippen molar-refractivity contribution in [3.8, 4) is 23.6 Å². The van der Waals surface area contributed by atoms with Crippen molar-refractivity contribution < 1.29 is 23.7 Å². The Bertz CT molecular complexity index is 956. The number of carbonyl (C=O) groups is 1. The van der Waals surface area contributed by atoms with Crippen LogP contribution in [0.2, 0.25) is 0 Å². The zero-order valence-electron chi connectivity index (χ0n) is 16.2. The Morgan fingerprint density at radius 3 is 2.59 bits per heavy atom. The number of ether oxygens (including phenoxy) is 4. The standard InChI is InChI=1S/C20H20IN3O5/c1-4-26-15-9-12(8-14(21)18(15)28-7-6-22)17-13(10-23)19(24)29-11(3)16(17)20(25)27-5-2/h8-9,17H,4-5,7,24H2,1-3H3.